The Bertz CT molecular complexity index is 582. The summed E-state index contributed by atoms with van der Waals surface area (Å²) < 4.78 is 5.49. The maximum Gasteiger partial charge on any atom is 0.223 e. The van der Waals surface area contributed by atoms with Crippen molar-refractivity contribution in [1.82, 2.24) is 4.90 Å². The van der Waals surface area contributed by atoms with Gasteiger partial charge in [-0.05, 0) is 56.7 Å². The molecule has 0 N–H and O–H groups in total. The Labute approximate surface area is 145 Å². The van der Waals surface area contributed by atoms with E-state index >= 15 is 0 Å². The van der Waals surface area contributed by atoms with Crippen LogP contribution < -0.4 is 0 Å². The van der Waals surface area contributed by atoms with E-state index in [1.54, 1.807) is 0 Å². The molecule has 1 aliphatic heterocycles. The maximum absolute atomic E-state index is 12.4. The van der Waals surface area contributed by atoms with E-state index in [1.165, 1.54) is 5.56 Å². The van der Waals surface area contributed by atoms with Crippen LogP contribution in [0.3, 0.4) is 0 Å². The fourth-order valence-corrected chi connectivity index (χ4v) is 3.15. The molecule has 2 rings (SSSR count). The summed E-state index contributed by atoms with van der Waals surface area (Å²) in [5, 5.41) is 0. The molecule has 1 aromatic rings. The molecule has 0 radical (unpaired) electrons. The second kappa shape index (κ2) is 8.97. The van der Waals surface area contributed by atoms with Crippen LogP contribution in [0.1, 0.15) is 54.1 Å². The van der Waals surface area contributed by atoms with Crippen LogP contribution in [0.5, 0.6) is 0 Å². The number of ketones is 1. The number of aryl methyl sites for hydroxylation is 2. The number of piperidine rings is 1. The molecule has 1 amide bonds. The van der Waals surface area contributed by atoms with E-state index in [-0.39, 0.29) is 18.1 Å². The Morgan fingerprint density at radius 1 is 1.21 bits per heavy atom. The number of amides is 1. The van der Waals surface area contributed by atoms with Gasteiger partial charge in [0.1, 0.15) is 0 Å². The summed E-state index contributed by atoms with van der Waals surface area (Å²) in [6.45, 7) is 9.03. The summed E-state index contributed by atoms with van der Waals surface area (Å²) in [6.07, 6.45) is 2.72. The molecule has 1 atom stereocenters. The van der Waals surface area contributed by atoms with Gasteiger partial charge < -0.3 is 9.64 Å². The van der Waals surface area contributed by atoms with Crippen molar-refractivity contribution in [2.24, 2.45) is 5.92 Å². The zero-order valence-electron chi connectivity index (χ0n) is 15.1. The van der Waals surface area contributed by atoms with Crippen molar-refractivity contribution in [2.75, 3.05) is 26.3 Å². The summed E-state index contributed by atoms with van der Waals surface area (Å²) in [7, 11) is 0. The van der Waals surface area contributed by atoms with Gasteiger partial charge in [0.2, 0.25) is 5.91 Å². The lowest BCUT2D eigenvalue weighted by atomic mass is 9.98. The molecule has 1 saturated heterocycles. The second-order valence-corrected chi connectivity index (χ2v) is 6.73. The Balaban J connectivity index is 1.83. The molecule has 24 heavy (non-hydrogen) atoms. The molecule has 132 valence electrons. The zero-order valence-corrected chi connectivity index (χ0v) is 15.1. The van der Waals surface area contributed by atoms with Crippen LogP contribution >= 0.6 is 0 Å². The SMILES string of the molecule is CCOCC1CCCN(C(=O)CCC(=O)c2ccc(C)c(C)c2)C1. The van der Waals surface area contributed by atoms with Crippen molar-refractivity contribution in [3.63, 3.8) is 0 Å². The molecule has 4 heteroatoms. The van der Waals surface area contributed by atoms with Crippen molar-refractivity contribution in [3.05, 3.63) is 34.9 Å². The summed E-state index contributed by atoms with van der Waals surface area (Å²) in [5.74, 6) is 0.570. The fraction of sp³-hybridized carbons (Fsp3) is 0.600. The van der Waals surface area contributed by atoms with Crippen LogP contribution in [0, 0.1) is 19.8 Å². The Kier molecular flexibility index (Phi) is 6.98. The number of Topliss-reactive ketones (excluding diaryl/α,β-unsaturated/α-hetero) is 1. The van der Waals surface area contributed by atoms with Gasteiger partial charge in [0.15, 0.2) is 5.78 Å². The molecule has 1 aliphatic rings. The average molecular weight is 331 g/mol. The van der Waals surface area contributed by atoms with Gasteiger partial charge in [-0.15, -0.1) is 0 Å². The molecular formula is C20H29NO3. The second-order valence-electron chi connectivity index (χ2n) is 6.73. The zero-order chi connectivity index (χ0) is 17.5. The van der Waals surface area contributed by atoms with Crippen molar-refractivity contribution < 1.29 is 14.3 Å². The molecule has 1 fully saturated rings. The van der Waals surface area contributed by atoms with Gasteiger partial charge in [-0.1, -0.05) is 12.1 Å². The van der Waals surface area contributed by atoms with Gasteiger partial charge in [0.05, 0.1) is 6.61 Å². The molecule has 1 aromatic carbocycles. The minimum atomic E-state index is 0.0503. The molecule has 0 bridgehead atoms. The monoisotopic (exact) mass is 331 g/mol. The van der Waals surface area contributed by atoms with Crippen LogP contribution in [0.2, 0.25) is 0 Å². The number of likely N-dealkylation sites (tertiary alicyclic amines) is 1. The Hall–Kier alpha value is -1.68. The van der Waals surface area contributed by atoms with Crippen LogP contribution in [-0.4, -0.2) is 42.9 Å². The standard InChI is InChI=1S/C20H29NO3/c1-4-24-14-17-6-5-11-21(13-17)20(23)10-9-19(22)18-8-7-15(2)16(3)12-18/h7-8,12,17H,4-6,9-11,13-14H2,1-3H3. The van der Waals surface area contributed by atoms with E-state index < -0.39 is 0 Å². The van der Waals surface area contributed by atoms with Crippen molar-refractivity contribution in [1.29, 1.82) is 0 Å². The summed E-state index contributed by atoms with van der Waals surface area (Å²) in [5.41, 5.74) is 3.00. The number of ether oxygens (including phenoxy) is 1. The maximum atomic E-state index is 12.4. The van der Waals surface area contributed by atoms with Crippen molar-refractivity contribution in [3.8, 4) is 0 Å². The number of nitrogens with zero attached hydrogens (tertiary/aromatic N) is 1. The Morgan fingerprint density at radius 2 is 2.00 bits per heavy atom. The molecular weight excluding hydrogens is 302 g/mol. The van der Waals surface area contributed by atoms with Crippen LogP contribution in [0.25, 0.3) is 0 Å². The van der Waals surface area contributed by atoms with Gasteiger partial charge in [-0.2, -0.15) is 0 Å². The number of benzene rings is 1. The van der Waals surface area contributed by atoms with E-state index in [1.807, 2.05) is 43.9 Å². The number of carbonyl (C=O) groups is 2. The highest BCUT2D eigenvalue weighted by molar-refractivity contribution is 5.98. The lowest BCUT2D eigenvalue weighted by Crippen LogP contribution is -2.41. The van der Waals surface area contributed by atoms with Gasteiger partial charge in [0.25, 0.3) is 0 Å². The van der Waals surface area contributed by atoms with Crippen LogP contribution in [0.4, 0.5) is 0 Å². The molecule has 0 spiro atoms. The molecule has 4 nitrogen and oxygen atoms in total. The van der Waals surface area contributed by atoms with E-state index in [4.69, 9.17) is 4.74 Å². The van der Waals surface area contributed by atoms with E-state index in [2.05, 4.69) is 0 Å². The summed E-state index contributed by atoms with van der Waals surface area (Å²) >= 11 is 0. The normalized spacial score (nSPS) is 17.8. The van der Waals surface area contributed by atoms with Gasteiger partial charge in [-0.25, -0.2) is 0 Å². The number of hydrogen-bond donors (Lipinski definition) is 0. The third-order valence-corrected chi connectivity index (χ3v) is 4.82. The smallest absolute Gasteiger partial charge is 0.223 e. The number of rotatable bonds is 7. The van der Waals surface area contributed by atoms with Crippen molar-refractivity contribution in [2.45, 2.75) is 46.5 Å². The highest BCUT2D eigenvalue weighted by atomic mass is 16.5. The predicted molar refractivity (Wildman–Crippen MR) is 95.3 cm³/mol. The predicted octanol–water partition coefficient (Wildman–Crippen LogP) is 3.54. The van der Waals surface area contributed by atoms with E-state index in [9.17, 15) is 9.59 Å². The molecule has 0 saturated carbocycles. The molecule has 1 heterocycles. The molecule has 0 aliphatic carbocycles. The van der Waals surface area contributed by atoms with Gasteiger partial charge >= 0.3 is 0 Å². The summed E-state index contributed by atoms with van der Waals surface area (Å²) in [6, 6.07) is 5.74. The third kappa shape index (κ3) is 5.17. The molecule has 1 unspecified atom stereocenters. The topological polar surface area (TPSA) is 46.6 Å². The Morgan fingerprint density at radius 3 is 2.71 bits per heavy atom. The summed E-state index contributed by atoms with van der Waals surface area (Å²) in [4.78, 5) is 26.6. The fourth-order valence-electron chi connectivity index (χ4n) is 3.15. The van der Waals surface area contributed by atoms with Gasteiger partial charge in [-0.3, -0.25) is 9.59 Å². The quantitative estimate of drug-likeness (QED) is 0.718. The lowest BCUT2D eigenvalue weighted by Gasteiger charge is -2.32. The first-order chi connectivity index (χ1) is 11.5. The molecule has 0 aromatic heterocycles. The van der Waals surface area contributed by atoms with Gasteiger partial charge in [0, 0.05) is 38.1 Å². The highest BCUT2D eigenvalue weighted by Gasteiger charge is 2.24. The first-order valence-electron chi connectivity index (χ1n) is 8.97. The highest BCUT2D eigenvalue weighted by Crippen LogP contribution is 2.19. The largest absolute Gasteiger partial charge is 0.381 e. The minimum absolute atomic E-state index is 0.0503. The lowest BCUT2D eigenvalue weighted by molar-refractivity contribution is -0.133. The first kappa shape index (κ1) is 18.7. The number of carbonyl (C=O) groups excluding carboxylic acids is 2. The first-order valence-corrected chi connectivity index (χ1v) is 8.97. The number of hydrogen-bond acceptors (Lipinski definition) is 3. The van der Waals surface area contributed by atoms with Crippen LogP contribution in [0.15, 0.2) is 18.2 Å². The van der Waals surface area contributed by atoms with E-state index in [0.717, 1.165) is 44.7 Å². The third-order valence-electron chi connectivity index (χ3n) is 4.82. The minimum Gasteiger partial charge on any atom is -0.381 e. The van der Waals surface area contributed by atoms with Crippen molar-refractivity contribution >= 4 is 11.7 Å². The van der Waals surface area contributed by atoms with E-state index in [0.29, 0.717) is 17.9 Å². The van der Waals surface area contributed by atoms with Crippen LogP contribution in [-0.2, 0) is 9.53 Å². The average Bonchev–Trinajstić information content (AvgIpc) is 2.60.